The number of carboxylic acids is 1. The van der Waals surface area contributed by atoms with Gasteiger partial charge in [0.25, 0.3) is 5.91 Å². The maximum absolute atomic E-state index is 12.2. The molecule has 26 heavy (non-hydrogen) atoms. The molecular formula is C20H25N3O3. The van der Waals surface area contributed by atoms with Crippen LogP contribution < -0.4 is 5.32 Å². The van der Waals surface area contributed by atoms with Gasteiger partial charge in [0, 0.05) is 24.2 Å². The lowest BCUT2D eigenvalue weighted by Crippen LogP contribution is -2.25. The molecule has 1 aliphatic rings. The standard InChI is InChI=1S/C20H25N3O3/c1-12-10-16(12)11-21-20(26)15-4-6-17(7-5-15)23-14(3)18(13(2)22-23)8-9-19(24)25/h4-7,12,16H,8-11H2,1-3H3,(H,21,26)(H,24,25). The summed E-state index contributed by atoms with van der Waals surface area (Å²) in [6.45, 7) is 6.77. The summed E-state index contributed by atoms with van der Waals surface area (Å²) in [4.78, 5) is 23.0. The van der Waals surface area contributed by atoms with E-state index in [9.17, 15) is 9.59 Å². The number of aryl methyl sites for hydroxylation is 1. The quantitative estimate of drug-likeness (QED) is 0.800. The molecule has 1 amide bonds. The number of carbonyl (C=O) groups excluding carboxylic acids is 1. The average Bonchev–Trinajstić information content (AvgIpc) is 3.24. The molecule has 2 N–H and O–H groups in total. The van der Waals surface area contributed by atoms with Crippen LogP contribution in [0.3, 0.4) is 0 Å². The molecule has 0 aliphatic heterocycles. The Bertz CT molecular complexity index is 824. The average molecular weight is 355 g/mol. The number of rotatable bonds is 7. The van der Waals surface area contributed by atoms with Gasteiger partial charge in [-0.25, -0.2) is 4.68 Å². The number of nitrogens with one attached hydrogen (secondary N) is 1. The van der Waals surface area contributed by atoms with Gasteiger partial charge >= 0.3 is 5.97 Å². The second-order valence-corrected chi connectivity index (χ2v) is 7.18. The van der Waals surface area contributed by atoms with Crippen LogP contribution >= 0.6 is 0 Å². The molecule has 0 radical (unpaired) electrons. The van der Waals surface area contributed by atoms with E-state index in [2.05, 4.69) is 17.3 Å². The van der Waals surface area contributed by atoms with Gasteiger partial charge < -0.3 is 10.4 Å². The molecule has 3 rings (SSSR count). The number of hydrogen-bond acceptors (Lipinski definition) is 3. The molecule has 2 atom stereocenters. The molecule has 1 saturated carbocycles. The molecule has 1 aromatic heterocycles. The largest absolute Gasteiger partial charge is 0.481 e. The van der Waals surface area contributed by atoms with E-state index in [1.807, 2.05) is 26.0 Å². The number of aliphatic carboxylic acids is 1. The maximum Gasteiger partial charge on any atom is 0.303 e. The molecule has 6 nitrogen and oxygen atoms in total. The van der Waals surface area contributed by atoms with E-state index >= 15 is 0 Å². The second-order valence-electron chi connectivity index (χ2n) is 7.18. The zero-order valence-electron chi connectivity index (χ0n) is 15.5. The summed E-state index contributed by atoms with van der Waals surface area (Å²) in [7, 11) is 0. The second kappa shape index (κ2) is 7.32. The van der Waals surface area contributed by atoms with Crippen molar-refractivity contribution in [2.45, 2.75) is 40.0 Å². The third-order valence-corrected chi connectivity index (χ3v) is 5.21. The highest BCUT2D eigenvalue weighted by Gasteiger charge is 2.32. The fraction of sp³-hybridized carbons (Fsp3) is 0.450. The maximum atomic E-state index is 12.2. The van der Waals surface area contributed by atoms with Crippen molar-refractivity contribution in [3.8, 4) is 5.69 Å². The molecule has 2 aromatic rings. The summed E-state index contributed by atoms with van der Waals surface area (Å²) in [6, 6.07) is 7.34. The molecule has 0 spiro atoms. The van der Waals surface area contributed by atoms with Gasteiger partial charge in [-0.2, -0.15) is 5.10 Å². The highest BCUT2D eigenvalue weighted by molar-refractivity contribution is 5.94. The van der Waals surface area contributed by atoms with Crippen LogP contribution in [0.1, 0.15) is 47.1 Å². The Morgan fingerprint density at radius 2 is 1.92 bits per heavy atom. The fourth-order valence-electron chi connectivity index (χ4n) is 3.28. The first-order valence-electron chi connectivity index (χ1n) is 9.02. The Morgan fingerprint density at radius 1 is 1.27 bits per heavy atom. The summed E-state index contributed by atoms with van der Waals surface area (Å²) in [5, 5.41) is 16.4. The molecular weight excluding hydrogens is 330 g/mol. The normalized spacial score (nSPS) is 18.6. The van der Waals surface area contributed by atoms with Crippen LogP contribution in [0, 0.1) is 25.7 Å². The van der Waals surface area contributed by atoms with E-state index in [-0.39, 0.29) is 12.3 Å². The van der Waals surface area contributed by atoms with E-state index in [1.54, 1.807) is 16.8 Å². The van der Waals surface area contributed by atoms with Crippen LogP contribution in [0.25, 0.3) is 5.69 Å². The lowest BCUT2D eigenvalue weighted by molar-refractivity contribution is -0.136. The Morgan fingerprint density at radius 3 is 2.50 bits per heavy atom. The summed E-state index contributed by atoms with van der Waals surface area (Å²) in [5.74, 6) is 0.481. The third-order valence-electron chi connectivity index (χ3n) is 5.21. The van der Waals surface area contributed by atoms with Gasteiger partial charge in [-0.1, -0.05) is 6.92 Å². The van der Waals surface area contributed by atoms with Crippen molar-refractivity contribution in [1.82, 2.24) is 15.1 Å². The van der Waals surface area contributed by atoms with Crippen molar-refractivity contribution >= 4 is 11.9 Å². The fourth-order valence-corrected chi connectivity index (χ4v) is 3.28. The van der Waals surface area contributed by atoms with Crippen LogP contribution in [0.4, 0.5) is 0 Å². The Balaban J connectivity index is 1.71. The lowest BCUT2D eigenvalue weighted by atomic mass is 10.1. The summed E-state index contributed by atoms with van der Waals surface area (Å²) in [6.07, 6.45) is 1.75. The molecule has 1 aliphatic carbocycles. The van der Waals surface area contributed by atoms with Crippen LogP contribution in [-0.4, -0.2) is 33.3 Å². The van der Waals surface area contributed by atoms with Gasteiger partial charge in [0.1, 0.15) is 0 Å². The van der Waals surface area contributed by atoms with E-state index < -0.39 is 5.97 Å². The monoisotopic (exact) mass is 355 g/mol. The Hall–Kier alpha value is -2.63. The Kier molecular flexibility index (Phi) is 5.11. The summed E-state index contributed by atoms with van der Waals surface area (Å²) < 4.78 is 1.81. The van der Waals surface area contributed by atoms with Gasteiger partial charge in [0.15, 0.2) is 0 Å². The smallest absolute Gasteiger partial charge is 0.303 e. The molecule has 1 aromatic carbocycles. The predicted octanol–water partition coefficient (Wildman–Crippen LogP) is 2.89. The third kappa shape index (κ3) is 3.95. The van der Waals surface area contributed by atoms with Crippen molar-refractivity contribution in [3.05, 3.63) is 46.8 Å². The van der Waals surface area contributed by atoms with Crippen molar-refractivity contribution in [2.75, 3.05) is 6.54 Å². The van der Waals surface area contributed by atoms with Gasteiger partial charge in [0.05, 0.1) is 11.4 Å². The van der Waals surface area contributed by atoms with Crippen LogP contribution in [-0.2, 0) is 11.2 Å². The summed E-state index contributed by atoms with van der Waals surface area (Å²) in [5.41, 5.74) is 4.23. The first kappa shape index (κ1) is 18.2. The number of hydrogen-bond donors (Lipinski definition) is 2. The zero-order valence-corrected chi connectivity index (χ0v) is 15.5. The summed E-state index contributed by atoms with van der Waals surface area (Å²) >= 11 is 0. The zero-order chi connectivity index (χ0) is 18.8. The number of nitrogens with zero attached hydrogens (tertiary/aromatic N) is 2. The first-order chi connectivity index (χ1) is 12.4. The van der Waals surface area contributed by atoms with Gasteiger partial charge in [-0.3, -0.25) is 9.59 Å². The van der Waals surface area contributed by atoms with Crippen LogP contribution in [0.15, 0.2) is 24.3 Å². The first-order valence-corrected chi connectivity index (χ1v) is 9.02. The van der Waals surface area contributed by atoms with Crippen LogP contribution in [0.2, 0.25) is 0 Å². The minimum atomic E-state index is -0.812. The van der Waals surface area contributed by atoms with Crippen molar-refractivity contribution < 1.29 is 14.7 Å². The van der Waals surface area contributed by atoms with Crippen LogP contribution in [0.5, 0.6) is 0 Å². The van der Waals surface area contributed by atoms with Gasteiger partial charge in [-0.15, -0.1) is 0 Å². The SMILES string of the molecule is Cc1nn(-c2ccc(C(=O)NCC3CC3C)cc2)c(C)c1CCC(=O)O. The number of carboxylic acid groups (broad SMARTS) is 1. The van der Waals surface area contributed by atoms with Crippen molar-refractivity contribution in [2.24, 2.45) is 11.8 Å². The predicted molar refractivity (Wildman–Crippen MR) is 98.6 cm³/mol. The highest BCUT2D eigenvalue weighted by Crippen LogP contribution is 2.36. The Labute approximate surface area is 153 Å². The minimum Gasteiger partial charge on any atom is -0.481 e. The van der Waals surface area contributed by atoms with E-state index in [0.717, 1.165) is 35.1 Å². The molecule has 0 bridgehead atoms. The highest BCUT2D eigenvalue weighted by atomic mass is 16.4. The molecule has 0 saturated heterocycles. The van der Waals surface area contributed by atoms with Crippen molar-refractivity contribution in [1.29, 1.82) is 0 Å². The number of carbonyl (C=O) groups is 2. The molecule has 6 heteroatoms. The lowest BCUT2D eigenvalue weighted by Gasteiger charge is -2.08. The molecule has 2 unspecified atom stereocenters. The van der Waals surface area contributed by atoms with E-state index in [0.29, 0.717) is 17.9 Å². The van der Waals surface area contributed by atoms with Gasteiger partial charge in [-0.05, 0) is 68.4 Å². The minimum absolute atomic E-state index is 0.0498. The topological polar surface area (TPSA) is 84.2 Å². The molecule has 1 heterocycles. The number of amides is 1. The van der Waals surface area contributed by atoms with E-state index in [1.165, 1.54) is 6.42 Å². The molecule has 138 valence electrons. The van der Waals surface area contributed by atoms with Crippen molar-refractivity contribution in [3.63, 3.8) is 0 Å². The number of aromatic nitrogens is 2. The number of benzene rings is 1. The van der Waals surface area contributed by atoms with E-state index in [4.69, 9.17) is 5.11 Å². The molecule has 1 fully saturated rings. The van der Waals surface area contributed by atoms with Gasteiger partial charge in [0.2, 0.25) is 0 Å².